The van der Waals surface area contributed by atoms with Crippen molar-refractivity contribution in [3.63, 3.8) is 0 Å². The summed E-state index contributed by atoms with van der Waals surface area (Å²) in [6, 6.07) is 8.43. The van der Waals surface area contributed by atoms with Crippen LogP contribution in [0, 0.1) is 0 Å². The van der Waals surface area contributed by atoms with Gasteiger partial charge in [-0.25, -0.2) is 5.01 Å². The van der Waals surface area contributed by atoms with Gasteiger partial charge in [0.2, 0.25) is 0 Å². The van der Waals surface area contributed by atoms with E-state index in [1.165, 1.54) is 30.8 Å². The van der Waals surface area contributed by atoms with Gasteiger partial charge in [-0.05, 0) is 56.7 Å². The van der Waals surface area contributed by atoms with Gasteiger partial charge in [-0.2, -0.15) is 0 Å². The third-order valence-corrected chi connectivity index (χ3v) is 5.70. The number of allylic oxidation sites excluding steroid dienone is 3. The Balaban J connectivity index is 1.17. The number of rotatable bonds is 8. The standard InChI is InChI=1S/C23H32N4O/c1-2-28-23-11-4-3-10-22(23)25-19-17-24(18-20-25)13-7-8-14-26-16-12-21-9-5-6-15-27(21)26/h3-6,9-12,15H,2,7-8,13-14,16-20H2,1H3. The highest BCUT2D eigenvalue weighted by Crippen LogP contribution is 2.29. The Morgan fingerprint density at radius 1 is 0.964 bits per heavy atom. The average molecular weight is 381 g/mol. The van der Waals surface area contributed by atoms with Gasteiger partial charge in [-0.15, -0.1) is 0 Å². The number of benzene rings is 1. The summed E-state index contributed by atoms with van der Waals surface area (Å²) in [5.74, 6) is 1.01. The Kier molecular flexibility index (Phi) is 6.34. The van der Waals surface area contributed by atoms with Gasteiger partial charge in [0.1, 0.15) is 5.75 Å². The number of para-hydroxylation sites is 2. The minimum Gasteiger partial charge on any atom is -0.492 e. The zero-order valence-corrected chi connectivity index (χ0v) is 17.0. The molecule has 150 valence electrons. The van der Waals surface area contributed by atoms with Gasteiger partial charge in [-0.3, -0.25) is 9.91 Å². The molecular weight excluding hydrogens is 348 g/mol. The van der Waals surface area contributed by atoms with Gasteiger partial charge in [0, 0.05) is 45.5 Å². The molecule has 4 rings (SSSR count). The molecule has 3 aliphatic heterocycles. The summed E-state index contributed by atoms with van der Waals surface area (Å²) in [6.45, 7) is 10.5. The molecule has 1 fully saturated rings. The quantitative estimate of drug-likeness (QED) is 0.642. The largest absolute Gasteiger partial charge is 0.492 e. The lowest BCUT2D eigenvalue weighted by molar-refractivity contribution is 0.0897. The van der Waals surface area contributed by atoms with Crippen molar-refractivity contribution >= 4 is 5.69 Å². The number of nitrogens with zero attached hydrogens (tertiary/aromatic N) is 4. The van der Waals surface area contributed by atoms with Crippen molar-refractivity contribution in [3.8, 4) is 5.75 Å². The first kappa shape index (κ1) is 19.1. The summed E-state index contributed by atoms with van der Waals surface area (Å²) in [6.07, 6.45) is 13.4. The number of hydrogen-bond donors (Lipinski definition) is 0. The maximum atomic E-state index is 5.81. The van der Waals surface area contributed by atoms with Crippen LogP contribution in [0.3, 0.4) is 0 Å². The minimum absolute atomic E-state index is 0.717. The molecule has 0 unspecified atom stereocenters. The second kappa shape index (κ2) is 9.30. The highest BCUT2D eigenvalue weighted by molar-refractivity contribution is 5.58. The van der Waals surface area contributed by atoms with E-state index in [1.54, 1.807) is 0 Å². The third-order valence-electron chi connectivity index (χ3n) is 5.70. The summed E-state index contributed by atoms with van der Waals surface area (Å²) in [5, 5.41) is 4.71. The number of hydrogen-bond acceptors (Lipinski definition) is 5. The summed E-state index contributed by atoms with van der Waals surface area (Å²) >= 11 is 0. The lowest BCUT2D eigenvalue weighted by Gasteiger charge is -2.37. The molecule has 0 aliphatic carbocycles. The highest BCUT2D eigenvalue weighted by atomic mass is 16.5. The molecule has 0 atom stereocenters. The first-order chi connectivity index (χ1) is 13.8. The summed E-state index contributed by atoms with van der Waals surface area (Å²) < 4.78 is 5.81. The monoisotopic (exact) mass is 380 g/mol. The first-order valence-corrected chi connectivity index (χ1v) is 10.6. The zero-order valence-electron chi connectivity index (χ0n) is 17.0. The van der Waals surface area contributed by atoms with Crippen molar-refractivity contribution in [1.82, 2.24) is 14.9 Å². The summed E-state index contributed by atoms with van der Waals surface area (Å²) in [5.41, 5.74) is 2.55. The van der Waals surface area contributed by atoms with Crippen LogP contribution in [0.15, 0.2) is 60.5 Å². The highest BCUT2D eigenvalue weighted by Gasteiger charge is 2.22. The van der Waals surface area contributed by atoms with E-state index in [1.807, 2.05) is 6.92 Å². The fraction of sp³-hybridized carbons (Fsp3) is 0.478. The van der Waals surface area contributed by atoms with Crippen LogP contribution in [0.1, 0.15) is 19.8 Å². The summed E-state index contributed by atoms with van der Waals surface area (Å²) in [4.78, 5) is 5.08. The number of fused-ring (bicyclic) bond motifs is 1. The van der Waals surface area contributed by atoms with E-state index in [9.17, 15) is 0 Å². The van der Waals surface area contributed by atoms with Crippen LogP contribution in [-0.4, -0.2) is 67.3 Å². The topological polar surface area (TPSA) is 22.2 Å². The van der Waals surface area contributed by atoms with Crippen LogP contribution in [0.2, 0.25) is 0 Å². The molecular formula is C23H32N4O. The smallest absolute Gasteiger partial charge is 0.142 e. The van der Waals surface area contributed by atoms with E-state index in [-0.39, 0.29) is 0 Å². The molecule has 5 heteroatoms. The van der Waals surface area contributed by atoms with Gasteiger partial charge < -0.3 is 9.64 Å². The second-order valence-corrected chi connectivity index (χ2v) is 7.52. The van der Waals surface area contributed by atoms with Crippen molar-refractivity contribution in [2.45, 2.75) is 19.8 Å². The lowest BCUT2D eigenvalue weighted by atomic mass is 10.2. The van der Waals surface area contributed by atoms with E-state index < -0.39 is 0 Å². The molecule has 3 aliphatic rings. The van der Waals surface area contributed by atoms with E-state index in [2.05, 4.69) is 74.6 Å². The molecule has 0 saturated carbocycles. The maximum Gasteiger partial charge on any atom is 0.142 e. The van der Waals surface area contributed by atoms with E-state index >= 15 is 0 Å². The molecule has 0 N–H and O–H groups in total. The van der Waals surface area contributed by atoms with Crippen LogP contribution in [0.25, 0.3) is 0 Å². The SMILES string of the molecule is CCOc1ccccc1N1CCN(CCCCN2CC=C3C=CC=CN32)CC1. The van der Waals surface area contributed by atoms with Crippen LogP contribution in [0.5, 0.6) is 5.75 Å². The number of unbranched alkanes of at least 4 members (excludes halogenated alkanes) is 1. The van der Waals surface area contributed by atoms with Crippen LogP contribution >= 0.6 is 0 Å². The van der Waals surface area contributed by atoms with Crippen LogP contribution < -0.4 is 9.64 Å². The zero-order chi connectivity index (χ0) is 19.2. The predicted molar refractivity (Wildman–Crippen MR) is 115 cm³/mol. The fourth-order valence-corrected chi connectivity index (χ4v) is 4.19. The molecule has 0 radical (unpaired) electrons. The van der Waals surface area contributed by atoms with Gasteiger partial charge in [0.25, 0.3) is 0 Å². The van der Waals surface area contributed by atoms with E-state index in [0.29, 0.717) is 6.61 Å². The molecule has 0 amide bonds. The van der Waals surface area contributed by atoms with Crippen molar-refractivity contribution in [2.75, 3.05) is 57.3 Å². The maximum absolute atomic E-state index is 5.81. The fourth-order valence-electron chi connectivity index (χ4n) is 4.19. The number of piperazine rings is 1. The average Bonchev–Trinajstić information content (AvgIpc) is 3.16. The number of ether oxygens (including phenoxy) is 1. The Hall–Kier alpha value is -2.24. The Morgan fingerprint density at radius 2 is 1.79 bits per heavy atom. The summed E-state index contributed by atoms with van der Waals surface area (Å²) in [7, 11) is 0. The molecule has 5 nitrogen and oxygen atoms in total. The molecule has 0 bridgehead atoms. The first-order valence-electron chi connectivity index (χ1n) is 10.6. The predicted octanol–water partition coefficient (Wildman–Crippen LogP) is 3.49. The van der Waals surface area contributed by atoms with Gasteiger partial charge in [0.05, 0.1) is 18.0 Å². The molecule has 0 aromatic heterocycles. The number of hydrazine groups is 1. The third kappa shape index (κ3) is 4.42. The Morgan fingerprint density at radius 3 is 2.64 bits per heavy atom. The van der Waals surface area contributed by atoms with E-state index in [0.717, 1.165) is 45.0 Å². The van der Waals surface area contributed by atoms with Crippen molar-refractivity contribution in [2.24, 2.45) is 0 Å². The molecule has 1 saturated heterocycles. The lowest BCUT2D eigenvalue weighted by Crippen LogP contribution is -2.46. The molecule has 0 spiro atoms. The van der Waals surface area contributed by atoms with Crippen molar-refractivity contribution in [3.05, 3.63) is 60.5 Å². The molecule has 28 heavy (non-hydrogen) atoms. The van der Waals surface area contributed by atoms with E-state index in [4.69, 9.17) is 4.74 Å². The van der Waals surface area contributed by atoms with Gasteiger partial charge in [-0.1, -0.05) is 18.2 Å². The molecule has 1 aromatic rings. The number of anilines is 1. The van der Waals surface area contributed by atoms with Crippen molar-refractivity contribution < 1.29 is 4.74 Å². The van der Waals surface area contributed by atoms with Gasteiger partial charge in [0.15, 0.2) is 0 Å². The van der Waals surface area contributed by atoms with Crippen LogP contribution in [0.4, 0.5) is 5.69 Å². The van der Waals surface area contributed by atoms with Crippen molar-refractivity contribution in [1.29, 1.82) is 0 Å². The van der Waals surface area contributed by atoms with Crippen LogP contribution in [-0.2, 0) is 0 Å². The normalized spacial score (nSPS) is 19.8. The molecule has 3 heterocycles. The second-order valence-electron chi connectivity index (χ2n) is 7.52. The van der Waals surface area contributed by atoms with Gasteiger partial charge >= 0.3 is 0 Å². The Bertz CT molecular complexity index is 734. The molecule has 1 aromatic carbocycles. The minimum atomic E-state index is 0.717. The Labute approximate surface area is 169 Å².